The van der Waals surface area contributed by atoms with E-state index in [0.29, 0.717) is 0 Å². The number of nitrogens with zero attached hydrogens (tertiary/aromatic N) is 4. The summed E-state index contributed by atoms with van der Waals surface area (Å²) in [4.78, 5) is 0. The molecule has 0 heterocycles. The van der Waals surface area contributed by atoms with Crippen LogP contribution in [0.15, 0.2) is 58.8 Å². The van der Waals surface area contributed by atoms with Crippen LogP contribution in [0.3, 0.4) is 0 Å². The van der Waals surface area contributed by atoms with Crippen molar-refractivity contribution in [1.29, 1.82) is 0 Å². The number of benzene rings is 2. The second-order valence-corrected chi connectivity index (χ2v) is 33.1. The van der Waals surface area contributed by atoms with E-state index in [1.807, 2.05) is 48.5 Å². The Hall–Kier alpha value is -2.44. The van der Waals surface area contributed by atoms with Crippen LogP contribution in [0.1, 0.15) is 464 Å². The summed E-state index contributed by atoms with van der Waals surface area (Å²) >= 11 is 0. The normalized spacial score (nSPS) is 12.1. The highest BCUT2D eigenvalue weighted by Crippen LogP contribution is 2.26. The van der Waals surface area contributed by atoms with E-state index in [9.17, 15) is 0 Å². The van der Waals surface area contributed by atoms with Gasteiger partial charge in [0.2, 0.25) is 0 Å². The summed E-state index contributed by atoms with van der Waals surface area (Å²) in [6.07, 6.45) is 96.5. The molecule has 0 unspecified atom stereocenters. The first-order chi connectivity index (χ1) is 49.3. The lowest BCUT2D eigenvalue weighted by Gasteiger charge is -2.35. The first-order valence-corrected chi connectivity index (χ1v) is 45.9. The van der Waals surface area contributed by atoms with E-state index < -0.39 is 0 Å². The van der Waals surface area contributed by atoms with Crippen molar-refractivity contribution < 1.29 is 18.4 Å². The predicted molar refractivity (Wildman–Crippen MR) is 446 cm³/mol. The molecule has 6 heteroatoms. The molecule has 0 saturated carbocycles. The van der Waals surface area contributed by atoms with Gasteiger partial charge in [-0.15, -0.1) is 0 Å². The molecule has 0 aliphatic carbocycles. The second-order valence-electron chi connectivity index (χ2n) is 33.1. The predicted octanol–water partition coefficient (Wildman–Crippen LogP) is 32.4. The van der Waals surface area contributed by atoms with Crippen molar-refractivity contribution in [3.05, 3.63) is 48.5 Å². The van der Waals surface area contributed by atoms with Gasteiger partial charge in [0.15, 0.2) is 0 Å². The van der Waals surface area contributed by atoms with Gasteiger partial charge in [-0.05, 0) is 138 Å². The molecule has 0 bridgehead atoms. The zero-order valence-electron chi connectivity index (χ0n) is 69.0. The van der Waals surface area contributed by atoms with Gasteiger partial charge >= 0.3 is 0 Å². The molecular weight excluding hydrogens is 1220 g/mol. The maximum absolute atomic E-state index is 6.18. The molecule has 2 rings (SSSR count). The topological polar surface area (TPSA) is 43.2 Å². The quantitative estimate of drug-likeness (QED) is 0.0376. The number of azo groups is 1. The lowest BCUT2D eigenvalue weighted by atomic mass is 10.0. The second kappa shape index (κ2) is 73.5. The van der Waals surface area contributed by atoms with E-state index in [2.05, 4.69) is 52.0 Å². The van der Waals surface area contributed by atoms with Gasteiger partial charge < -0.3 is 18.4 Å². The van der Waals surface area contributed by atoms with E-state index in [1.165, 1.54) is 472 Å². The van der Waals surface area contributed by atoms with Crippen LogP contribution in [0, 0.1) is 0 Å². The van der Waals surface area contributed by atoms with Gasteiger partial charge in [0.05, 0.1) is 78.0 Å². The third kappa shape index (κ3) is 62.9. The Morgan fingerprint density at radius 2 is 0.330 bits per heavy atom. The molecule has 0 N–H and O–H groups in total. The molecular formula is C94H178N4O2+2. The summed E-state index contributed by atoms with van der Waals surface area (Å²) in [7, 11) is 5.22. The van der Waals surface area contributed by atoms with Gasteiger partial charge in [0.25, 0.3) is 0 Å². The van der Waals surface area contributed by atoms with Crippen molar-refractivity contribution in [2.24, 2.45) is 10.2 Å². The van der Waals surface area contributed by atoms with E-state index in [1.54, 1.807) is 0 Å². The molecule has 2 aromatic rings. The molecule has 0 aromatic heterocycles. The molecule has 0 amide bonds. The Labute approximate surface area is 627 Å². The van der Waals surface area contributed by atoms with E-state index >= 15 is 0 Å². The Bertz CT molecular complexity index is 1730. The number of rotatable bonds is 82. The Morgan fingerprint density at radius 3 is 0.490 bits per heavy atom. The van der Waals surface area contributed by atoms with Gasteiger partial charge in [-0.25, -0.2) is 0 Å². The van der Waals surface area contributed by atoms with Crippen molar-refractivity contribution in [1.82, 2.24) is 0 Å². The number of quaternary nitrogens is 2. The minimum Gasteiger partial charge on any atom is -0.494 e. The Kier molecular flexibility index (Phi) is 68.8. The molecule has 0 spiro atoms. The summed E-state index contributed by atoms with van der Waals surface area (Å²) in [5, 5.41) is 9.07. The zero-order chi connectivity index (χ0) is 71.5. The van der Waals surface area contributed by atoms with Crippen molar-refractivity contribution in [2.45, 2.75) is 464 Å². The molecule has 100 heavy (non-hydrogen) atoms. The number of ether oxygens (including phenoxy) is 2. The smallest absolute Gasteiger partial charge is 0.119 e. The fourth-order valence-electron chi connectivity index (χ4n) is 15.7. The maximum atomic E-state index is 6.18. The first-order valence-electron chi connectivity index (χ1n) is 45.9. The highest BCUT2D eigenvalue weighted by Gasteiger charge is 2.22. The van der Waals surface area contributed by atoms with E-state index in [4.69, 9.17) is 9.47 Å². The minimum absolute atomic E-state index is 0.779. The monoisotopic (exact) mass is 1400 g/mol. The molecule has 0 aliphatic heterocycles. The van der Waals surface area contributed by atoms with Crippen LogP contribution in [-0.4, -0.2) is 75.5 Å². The van der Waals surface area contributed by atoms with Gasteiger partial charge in [-0.2, -0.15) is 10.2 Å². The summed E-state index contributed by atoms with van der Waals surface area (Å²) in [6.45, 7) is 19.1. The third-order valence-electron chi connectivity index (χ3n) is 22.9. The summed E-state index contributed by atoms with van der Waals surface area (Å²) in [5.74, 6) is 1.84. The van der Waals surface area contributed by atoms with Gasteiger partial charge in [0.1, 0.15) is 11.5 Å². The first kappa shape index (κ1) is 93.6. The maximum Gasteiger partial charge on any atom is 0.119 e. The van der Waals surface area contributed by atoms with Crippen molar-refractivity contribution in [3.63, 3.8) is 0 Å². The fourth-order valence-corrected chi connectivity index (χ4v) is 15.7. The molecule has 0 fully saturated rings. The minimum atomic E-state index is 0.779. The standard InChI is InChI=1S/C94H178N4O2/c1-7-11-15-19-23-27-31-35-39-43-47-51-59-67-83-97(5,84-68-60-52-48-44-40-36-32-28-24-20-16-12-8-2)87-71-63-55-57-65-73-89-99-93-79-75-91(76-80-93)95-96-92-77-81-94(82-78-92)100-90-74-66-58-56-64-72-88-98(6,85-69-61-53-49-45-41-37-33-29-25-21-17-13-9-3)86-70-62-54-50-46-42-38-34-30-26-22-18-14-10-4/h75-82H,7-74,83-90H2,1-6H3/q+2. The lowest BCUT2D eigenvalue weighted by Crippen LogP contribution is -2.46. The molecule has 584 valence electrons. The Morgan fingerprint density at radius 1 is 0.190 bits per heavy atom. The van der Waals surface area contributed by atoms with E-state index in [0.717, 1.165) is 48.9 Å². The Balaban J connectivity index is 1.62. The van der Waals surface area contributed by atoms with Gasteiger partial charge in [0, 0.05) is 0 Å². The lowest BCUT2D eigenvalue weighted by molar-refractivity contribution is -0.910. The largest absolute Gasteiger partial charge is 0.494 e. The highest BCUT2D eigenvalue weighted by atomic mass is 16.5. The molecule has 2 aromatic carbocycles. The highest BCUT2D eigenvalue weighted by molar-refractivity contribution is 5.44. The van der Waals surface area contributed by atoms with Gasteiger partial charge in [-0.1, -0.05) is 374 Å². The zero-order valence-corrected chi connectivity index (χ0v) is 69.0. The molecule has 0 aliphatic rings. The molecule has 0 saturated heterocycles. The van der Waals surface area contributed by atoms with Crippen LogP contribution in [0.5, 0.6) is 11.5 Å². The average Bonchev–Trinajstić information content (AvgIpc) is 1.13. The molecule has 0 radical (unpaired) electrons. The molecule has 6 nitrogen and oxygen atoms in total. The van der Waals surface area contributed by atoms with Crippen molar-refractivity contribution in [3.8, 4) is 11.5 Å². The van der Waals surface area contributed by atoms with Crippen molar-refractivity contribution >= 4 is 11.4 Å². The number of hydrogen-bond donors (Lipinski definition) is 0. The SMILES string of the molecule is CCCCCCCCCCCCCCCC[N+](C)(CCCCCCCCCCCCCCCC)CCCCCCCCOc1ccc(N=Nc2ccc(OCCCCCCCC[N+](C)(CCCCCCCCCCCCCCCC)CCCCCCCCCCCCCCCC)cc2)cc1. The third-order valence-corrected chi connectivity index (χ3v) is 22.9. The van der Waals surface area contributed by atoms with Gasteiger partial charge in [-0.3, -0.25) is 0 Å². The van der Waals surface area contributed by atoms with Crippen LogP contribution in [0.2, 0.25) is 0 Å². The van der Waals surface area contributed by atoms with Crippen molar-refractivity contribution in [2.75, 3.05) is 66.6 Å². The van der Waals surface area contributed by atoms with Crippen LogP contribution < -0.4 is 9.47 Å². The van der Waals surface area contributed by atoms with Crippen LogP contribution in [0.4, 0.5) is 11.4 Å². The summed E-state index contributed by atoms with van der Waals surface area (Å²) in [5.41, 5.74) is 1.69. The van der Waals surface area contributed by atoms with Crippen LogP contribution in [0.25, 0.3) is 0 Å². The summed E-state index contributed by atoms with van der Waals surface area (Å²) < 4.78 is 15.0. The summed E-state index contributed by atoms with van der Waals surface area (Å²) in [6, 6.07) is 16.2. The number of hydrogen-bond acceptors (Lipinski definition) is 4. The van der Waals surface area contributed by atoms with Crippen LogP contribution >= 0.6 is 0 Å². The number of unbranched alkanes of at least 4 members (excludes halogenated alkanes) is 62. The molecule has 0 atom stereocenters. The van der Waals surface area contributed by atoms with Crippen LogP contribution in [-0.2, 0) is 0 Å². The van der Waals surface area contributed by atoms with E-state index in [-0.39, 0.29) is 0 Å². The fraction of sp³-hybridized carbons (Fsp3) is 0.872. The average molecular weight is 1400 g/mol.